The van der Waals surface area contributed by atoms with Crippen LogP contribution in [0, 0.1) is 22.7 Å². The topological polar surface area (TPSA) is 57.4 Å². The van der Waals surface area contributed by atoms with Crippen LogP contribution in [0.2, 0.25) is 0 Å². The van der Waals surface area contributed by atoms with Gasteiger partial charge in [0, 0.05) is 32.7 Å². The Hall–Kier alpha value is -10.2. The van der Waals surface area contributed by atoms with Crippen molar-refractivity contribution >= 4 is 43.6 Å². The zero-order chi connectivity index (χ0) is 51.5. The first-order chi connectivity index (χ1) is 37.2. The quantitative estimate of drug-likeness (QED) is 0.152. The van der Waals surface area contributed by atoms with Crippen molar-refractivity contribution in [3.05, 3.63) is 265 Å². The van der Waals surface area contributed by atoms with Crippen LogP contribution < -0.4 is 0 Å². The zero-order valence-corrected chi connectivity index (χ0v) is 40.6. The number of halogens is 3. The van der Waals surface area contributed by atoms with Gasteiger partial charge in [0.25, 0.3) is 0 Å². The molecule has 0 atom stereocenters. The van der Waals surface area contributed by atoms with Gasteiger partial charge in [-0.2, -0.15) is 23.7 Å². The van der Waals surface area contributed by atoms with E-state index in [-0.39, 0.29) is 11.1 Å². The predicted octanol–water partition coefficient (Wildman–Crippen LogP) is 18.6. The van der Waals surface area contributed by atoms with E-state index >= 15 is 13.2 Å². The molecule has 0 spiro atoms. The van der Waals surface area contributed by atoms with Crippen LogP contribution >= 0.6 is 0 Å². The molecule has 358 valence electrons. The van der Waals surface area contributed by atoms with Gasteiger partial charge in [0.05, 0.1) is 62.3 Å². The minimum absolute atomic E-state index is 0.0711. The Kier molecular flexibility index (Phi) is 11.0. The molecule has 0 unspecified atom stereocenters. The second-order valence-corrected chi connectivity index (χ2v) is 19.0. The number of nitrogens with zero attached hydrogens (tertiary/aromatic N) is 4. The standard InChI is InChI=1S/C69H41F3N4/c70-69(71,72)62-36-45(43-74)21-28-55(62)54-27-34-68(76-66-32-25-52(48-17-9-3-10-18-48)39-59(66)60-40-53(26-33-67(60)76)49-19-11-4-12-20-49)61(41-54)56-35-44(42-73)22-29-63(56)75-64-30-23-50(46-13-5-1-6-14-46)37-57(64)58-38-51(24-31-65(58)75)47-15-7-2-8-16-47/h1-41H. The molecule has 2 heterocycles. The summed E-state index contributed by atoms with van der Waals surface area (Å²) in [5.74, 6) is 0. The Labute approximate surface area is 436 Å². The fraction of sp³-hybridized carbons (Fsp3) is 0.0145. The summed E-state index contributed by atoms with van der Waals surface area (Å²) in [6, 6.07) is 85.9. The van der Waals surface area contributed by atoms with E-state index in [1.54, 1.807) is 12.1 Å². The SMILES string of the molecule is N#Cc1ccc(-n2c3ccc(-c4ccccc4)cc3c3cc(-c4ccccc4)ccc32)c(-c2cc(-c3ccc(C#N)cc3C(F)(F)F)ccc2-n2c3ccc(-c4ccccc4)cc3c3cc(-c4ccccc4)ccc32)c1. The highest BCUT2D eigenvalue weighted by Gasteiger charge is 2.34. The van der Waals surface area contributed by atoms with E-state index in [0.29, 0.717) is 27.9 Å². The Bertz CT molecular complexity index is 4310. The number of aromatic nitrogens is 2. The average molecular weight is 983 g/mol. The maximum absolute atomic E-state index is 15.2. The molecule has 11 aromatic carbocycles. The summed E-state index contributed by atoms with van der Waals surface area (Å²) in [6.07, 6.45) is -4.77. The Morgan fingerprint density at radius 2 is 0.618 bits per heavy atom. The van der Waals surface area contributed by atoms with Crippen LogP contribution in [-0.2, 0) is 6.18 Å². The van der Waals surface area contributed by atoms with Gasteiger partial charge < -0.3 is 9.13 Å². The van der Waals surface area contributed by atoms with Crippen LogP contribution in [0.15, 0.2) is 249 Å². The summed E-state index contributed by atoms with van der Waals surface area (Å²) in [7, 11) is 0. The lowest BCUT2D eigenvalue weighted by Gasteiger charge is -2.21. The number of hydrogen-bond donors (Lipinski definition) is 0. The van der Waals surface area contributed by atoms with E-state index in [4.69, 9.17) is 0 Å². The summed E-state index contributed by atoms with van der Waals surface area (Å²) in [6.45, 7) is 0. The van der Waals surface area contributed by atoms with Crippen molar-refractivity contribution in [3.63, 3.8) is 0 Å². The Morgan fingerprint density at radius 3 is 0.987 bits per heavy atom. The molecule has 0 aliphatic carbocycles. The van der Waals surface area contributed by atoms with E-state index in [1.165, 1.54) is 12.1 Å². The van der Waals surface area contributed by atoms with Crippen LogP contribution in [0.25, 0.3) is 122 Å². The number of alkyl halides is 3. The fourth-order valence-electron chi connectivity index (χ4n) is 11.0. The smallest absolute Gasteiger partial charge is 0.309 e. The van der Waals surface area contributed by atoms with Crippen LogP contribution in [0.3, 0.4) is 0 Å². The minimum Gasteiger partial charge on any atom is -0.309 e. The summed E-state index contributed by atoms with van der Waals surface area (Å²) >= 11 is 0. The predicted molar refractivity (Wildman–Crippen MR) is 302 cm³/mol. The lowest BCUT2D eigenvalue weighted by atomic mass is 9.92. The van der Waals surface area contributed by atoms with Crippen molar-refractivity contribution in [1.29, 1.82) is 10.5 Å². The Morgan fingerprint density at radius 1 is 0.289 bits per heavy atom. The molecular weight excluding hydrogens is 942 g/mol. The monoisotopic (exact) mass is 982 g/mol. The first-order valence-corrected chi connectivity index (χ1v) is 24.9. The summed E-state index contributed by atoms with van der Waals surface area (Å²) in [5.41, 5.74) is 14.3. The third kappa shape index (κ3) is 7.87. The summed E-state index contributed by atoms with van der Waals surface area (Å²) in [5, 5.41) is 24.5. The van der Waals surface area contributed by atoms with Crippen LogP contribution in [0.5, 0.6) is 0 Å². The van der Waals surface area contributed by atoms with Gasteiger partial charge in [-0.25, -0.2) is 0 Å². The van der Waals surface area contributed by atoms with Crippen molar-refractivity contribution in [1.82, 2.24) is 9.13 Å². The lowest BCUT2D eigenvalue weighted by Crippen LogP contribution is -2.08. The number of rotatable bonds is 8. The largest absolute Gasteiger partial charge is 0.417 e. The molecule has 76 heavy (non-hydrogen) atoms. The molecular formula is C69H41F3N4. The number of fused-ring (bicyclic) bond motifs is 6. The van der Waals surface area contributed by atoms with E-state index in [1.807, 2.05) is 103 Å². The highest BCUT2D eigenvalue weighted by molar-refractivity contribution is 6.14. The van der Waals surface area contributed by atoms with Gasteiger partial charge in [-0.05, 0) is 147 Å². The van der Waals surface area contributed by atoms with Crippen molar-refractivity contribution in [3.8, 4) is 90.3 Å². The van der Waals surface area contributed by atoms with Crippen molar-refractivity contribution < 1.29 is 13.2 Å². The molecule has 0 amide bonds. The molecule has 0 fully saturated rings. The van der Waals surface area contributed by atoms with Gasteiger partial charge in [0.2, 0.25) is 0 Å². The maximum atomic E-state index is 15.2. The molecule has 0 radical (unpaired) electrons. The first-order valence-electron chi connectivity index (χ1n) is 24.9. The fourth-order valence-corrected chi connectivity index (χ4v) is 11.0. The van der Waals surface area contributed by atoms with Gasteiger partial charge in [-0.15, -0.1) is 0 Å². The van der Waals surface area contributed by atoms with E-state index < -0.39 is 11.7 Å². The number of nitriles is 2. The molecule has 0 aliphatic rings. The first kappa shape index (κ1) is 45.6. The van der Waals surface area contributed by atoms with Crippen LogP contribution in [-0.4, -0.2) is 9.13 Å². The highest BCUT2D eigenvalue weighted by Crippen LogP contribution is 2.46. The van der Waals surface area contributed by atoms with E-state index in [9.17, 15) is 10.5 Å². The summed E-state index contributed by atoms with van der Waals surface area (Å²) in [4.78, 5) is 0. The van der Waals surface area contributed by atoms with Crippen molar-refractivity contribution in [2.45, 2.75) is 6.18 Å². The van der Waals surface area contributed by atoms with Crippen LogP contribution in [0.1, 0.15) is 16.7 Å². The van der Waals surface area contributed by atoms with Crippen molar-refractivity contribution in [2.75, 3.05) is 0 Å². The normalized spacial score (nSPS) is 11.6. The minimum atomic E-state index is -4.77. The number of benzene rings is 11. The molecule has 13 aromatic rings. The molecule has 0 bridgehead atoms. The third-order valence-corrected chi connectivity index (χ3v) is 14.6. The molecule has 4 nitrogen and oxygen atoms in total. The average Bonchev–Trinajstić information content (AvgIpc) is 4.06. The molecule has 7 heteroatoms. The zero-order valence-electron chi connectivity index (χ0n) is 40.6. The Balaban J connectivity index is 1.13. The molecule has 0 saturated carbocycles. The molecule has 2 aromatic heterocycles. The summed E-state index contributed by atoms with van der Waals surface area (Å²) < 4.78 is 50.0. The van der Waals surface area contributed by atoms with Gasteiger partial charge in [0.1, 0.15) is 0 Å². The van der Waals surface area contributed by atoms with E-state index in [2.05, 4.69) is 137 Å². The van der Waals surface area contributed by atoms with Gasteiger partial charge in [0.15, 0.2) is 0 Å². The van der Waals surface area contributed by atoms with Crippen LogP contribution in [0.4, 0.5) is 13.2 Å². The molecule has 0 saturated heterocycles. The van der Waals surface area contributed by atoms with Crippen molar-refractivity contribution in [2.24, 2.45) is 0 Å². The maximum Gasteiger partial charge on any atom is 0.417 e. The lowest BCUT2D eigenvalue weighted by molar-refractivity contribution is -0.137. The van der Waals surface area contributed by atoms with Gasteiger partial charge >= 0.3 is 6.18 Å². The van der Waals surface area contributed by atoms with Gasteiger partial charge in [-0.3, -0.25) is 0 Å². The molecule has 0 aliphatic heterocycles. The van der Waals surface area contributed by atoms with E-state index in [0.717, 1.165) is 99.9 Å². The number of hydrogen-bond acceptors (Lipinski definition) is 2. The highest BCUT2D eigenvalue weighted by atomic mass is 19.4. The third-order valence-electron chi connectivity index (χ3n) is 14.6. The second-order valence-electron chi connectivity index (χ2n) is 19.0. The molecule has 13 rings (SSSR count). The second kappa shape index (κ2) is 18.4. The molecule has 0 N–H and O–H groups in total. The van der Waals surface area contributed by atoms with Gasteiger partial charge in [-0.1, -0.05) is 158 Å².